The SMILES string of the molecule is CC(C)COCCNC(=O)CC1(CC(=O)O)CCCC1. The highest BCUT2D eigenvalue weighted by Gasteiger charge is 2.37. The zero-order valence-electron chi connectivity index (χ0n) is 12.6. The summed E-state index contributed by atoms with van der Waals surface area (Å²) in [5.74, 6) is -0.371. The molecule has 0 heterocycles. The molecule has 1 saturated carbocycles. The summed E-state index contributed by atoms with van der Waals surface area (Å²) in [4.78, 5) is 22.9. The lowest BCUT2D eigenvalue weighted by atomic mass is 9.79. The van der Waals surface area contributed by atoms with Crippen LogP contribution in [0.4, 0.5) is 0 Å². The summed E-state index contributed by atoms with van der Waals surface area (Å²) in [7, 11) is 0. The highest BCUT2D eigenvalue weighted by molar-refractivity contribution is 5.78. The molecule has 0 atom stereocenters. The van der Waals surface area contributed by atoms with Crippen LogP contribution in [0.2, 0.25) is 0 Å². The molecule has 1 rings (SSSR count). The van der Waals surface area contributed by atoms with Gasteiger partial charge in [-0.3, -0.25) is 9.59 Å². The van der Waals surface area contributed by atoms with Crippen LogP contribution in [-0.2, 0) is 14.3 Å². The number of amides is 1. The Kier molecular flexibility index (Phi) is 6.99. The molecule has 0 aromatic rings. The van der Waals surface area contributed by atoms with Crippen molar-refractivity contribution in [2.24, 2.45) is 11.3 Å². The van der Waals surface area contributed by atoms with Crippen LogP contribution < -0.4 is 5.32 Å². The van der Waals surface area contributed by atoms with E-state index in [1.165, 1.54) is 0 Å². The second-order valence-electron chi connectivity index (χ2n) is 6.27. The molecule has 0 aliphatic heterocycles. The van der Waals surface area contributed by atoms with E-state index in [1.807, 2.05) is 0 Å². The molecule has 1 amide bonds. The summed E-state index contributed by atoms with van der Waals surface area (Å²) < 4.78 is 5.40. The van der Waals surface area contributed by atoms with Crippen molar-refractivity contribution in [3.8, 4) is 0 Å². The minimum absolute atomic E-state index is 0.0544. The number of carbonyl (C=O) groups is 2. The van der Waals surface area contributed by atoms with Crippen LogP contribution in [0, 0.1) is 11.3 Å². The lowest BCUT2D eigenvalue weighted by Crippen LogP contribution is -2.33. The molecule has 0 unspecified atom stereocenters. The van der Waals surface area contributed by atoms with Gasteiger partial charge in [-0.1, -0.05) is 26.7 Å². The summed E-state index contributed by atoms with van der Waals surface area (Å²) in [5, 5.41) is 11.8. The van der Waals surface area contributed by atoms with Crippen molar-refractivity contribution in [3.63, 3.8) is 0 Å². The zero-order chi connectivity index (χ0) is 15.0. The quantitative estimate of drug-likeness (QED) is 0.637. The summed E-state index contributed by atoms with van der Waals surface area (Å²) in [6.45, 7) is 5.85. The van der Waals surface area contributed by atoms with Crippen LogP contribution >= 0.6 is 0 Å². The molecule has 20 heavy (non-hydrogen) atoms. The van der Waals surface area contributed by atoms with Crippen molar-refractivity contribution in [3.05, 3.63) is 0 Å². The van der Waals surface area contributed by atoms with Gasteiger partial charge in [0.1, 0.15) is 0 Å². The molecule has 0 bridgehead atoms. The van der Waals surface area contributed by atoms with Crippen molar-refractivity contribution in [1.29, 1.82) is 0 Å². The van der Waals surface area contributed by atoms with E-state index in [2.05, 4.69) is 19.2 Å². The van der Waals surface area contributed by atoms with E-state index in [-0.39, 0.29) is 17.7 Å². The largest absolute Gasteiger partial charge is 0.481 e. The number of carbonyl (C=O) groups excluding carboxylic acids is 1. The fraction of sp³-hybridized carbons (Fsp3) is 0.867. The molecule has 0 saturated heterocycles. The number of hydrogen-bond acceptors (Lipinski definition) is 3. The molecule has 1 aliphatic rings. The minimum atomic E-state index is -0.806. The van der Waals surface area contributed by atoms with Crippen molar-refractivity contribution < 1.29 is 19.4 Å². The van der Waals surface area contributed by atoms with E-state index >= 15 is 0 Å². The molecule has 0 aromatic carbocycles. The third kappa shape index (κ3) is 6.37. The molecule has 5 nitrogen and oxygen atoms in total. The van der Waals surface area contributed by atoms with E-state index in [0.29, 0.717) is 32.1 Å². The maximum absolute atomic E-state index is 11.9. The molecular formula is C15H27NO4. The molecular weight excluding hydrogens is 258 g/mol. The first-order valence-electron chi connectivity index (χ1n) is 7.50. The van der Waals surface area contributed by atoms with Crippen LogP contribution in [0.25, 0.3) is 0 Å². The molecule has 116 valence electrons. The van der Waals surface area contributed by atoms with E-state index < -0.39 is 5.97 Å². The van der Waals surface area contributed by atoms with Crippen LogP contribution in [0.3, 0.4) is 0 Å². The molecule has 0 spiro atoms. The third-order valence-electron chi connectivity index (χ3n) is 3.75. The van der Waals surface area contributed by atoms with Crippen molar-refractivity contribution in [1.82, 2.24) is 5.32 Å². The maximum atomic E-state index is 11.9. The zero-order valence-corrected chi connectivity index (χ0v) is 12.6. The first kappa shape index (κ1) is 17.0. The van der Waals surface area contributed by atoms with Gasteiger partial charge in [0.2, 0.25) is 5.91 Å². The molecule has 0 radical (unpaired) electrons. The average Bonchev–Trinajstić information content (AvgIpc) is 2.75. The topological polar surface area (TPSA) is 75.6 Å². The van der Waals surface area contributed by atoms with Crippen molar-refractivity contribution in [2.45, 2.75) is 52.4 Å². The van der Waals surface area contributed by atoms with E-state index in [0.717, 1.165) is 25.7 Å². The Bertz CT molecular complexity index is 322. The first-order valence-corrected chi connectivity index (χ1v) is 7.50. The minimum Gasteiger partial charge on any atom is -0.481 e. The summed E-state index contributed by atoms with van der Waals surface area (Å²) in [5.41, 5.74) is -0.325. The Morgan fingerprint density at radius 1 is 1.25 bits per heavy atom. The molecule has 2 N–H and O–H groups in total. The van der Waals surface area contributed by atoms with Crippen molar-refractivity contribution >= 4 is 11.9 Å². The second kappa shape index (κ2) is 8.25. The monoisotopic (exact) mass is 285 g/mol. The normalized spacial score (nSPS) is 17.4. The molecule has 5 heteroatoms. The number of aliphatic carboxylic acids is 1. The van der Waals surface area contributed by atoms with Gasteiger partial charge in [-0.05, 0) is 24.2 Å². The number of rotatable bonds is 9. The number of hydrogen-bond donors (Lipinski definition) is 2. The fourth-order valence-corrected chi connectivity index (χ4v) is 2.85. The van der Waals surface area contributed by atoms with E-state index in [9.17, 15) is 9.59 Å². The summed E-state index contributed by atoms with van der Waals surface area (Å²) in [6.07, 6.45) is 4.16. The number of carboxylic acids is 1. The lowest BCUT2D eigenvalue weighted by molar-refractivity contribution is -0.140. The smallest absolute Gasteiger partial charge is 0.303 e. The first-order chi connectivity index (χ1) is 9.43. The highest BCUT2D eigenvalue weighted by atomic mass is 16.5. The van der Waals surface area contributed by atoms with Gasteiger partial charge in [-0.25, -0.2) is 0 Å². The van der Waals surface area contributed by atoms with Crippen molar-refractivity contribution in [2.75, 3.05) is 19.8 Å². The third-order valence-corrected chi connectivity index (χ3v) is 3.75. The van der Waals surface area contributed by atoms with Crippen LogP contribution in [0.1, 0.15) is 52.4 Å². The summed E-state index contributed by atoms with van der Waals surface area (Å²) >= 11 is 0. The molecule has 0 aromatic heterocycles. The highest BCUT2D eigenvalue weighted by Crippen LogP contribution is 2.43. The van der Waals surface area contributed by atoms with Gasteiger partial charge in [0.15, 0.2) is 0 Å². The van der Waals surface area contributed by atoms with Gasteiger partial charge in [0.25, 0.3) is 0 Å². The van der Waals surface area contributed by atoms with Crippen LogP contribution in [0.5, 0.6) is 0 Å². The second-order valence-corrected chi connectivity index (χ2v) is 6.27. The van der Waals surface area contributed by atoms with Gasteiger partial charge >= 0.3 is 5.97 Å². The van der Waals surface area contributed by atoms with E-state index in [1.54, 1.807) is 0 Å². The predicted molar refractivity (Wildman–Crippen MR) is 76.4 cm³/mol. The Morgan fingerprint density at radius 3 is 2.45 bits per heavy atom. The Morgan fingerprint density at radius 2 is 1.90 bits per heavy atom. The Labute approximate surface area is 121 Å². The standard InChI is InChI=1S/C15H27NO4/c1-12(2)11-20-8-7-16-13(17)9-15(10-14(18)19)5-3-4-6-15/h12H,3-11H2,1-2H3,(H,16,17)(H,18,19). The van der Waals surface area contributed by atoms with Gasteiger partial charge in [0, 0.05) is 19.6 Å². The van der Waals surface area contributed by atoms with Crippen LogP contribution in [-0.4, -0.2) is 36.7 Å². The van der Waals surface area contributed by atoms with Gasteiger partial charge in [-0.15, -0.1) is 0 Å². The number of nitrogens with one attached hydrogen (secondary N) is 1. The van der Waals surface area contributed by atoms with Gasteiger partial charge < -0.3 is 15.2 Å². The Hall–Kier alpha value is -1.10. The average molecular weight is 285 g/mol. The van der Waals surface area contributed by atoms with Crippen LogP contribution in [0.15, 0.2) is 0 Å². The molecule has 1 fully saturated rings. The predicted octanol–water partition coefficient (Wildman–Crippen LogP) is 2.20. The van der Waals surface area contributed by atoms with E-state index in [4.69, 9.17) is 9.84 Å². The number of carboxylic acid groups (broad SMARTS) is 1. The summed E-state index contributed by atoms with van der Waals surface area (Å²) in [6, 6.07) is 0. The van der Waals surface area contributed by atoms with Gasteiger partial charge in [0.05, 0.1) is 13.0 Å². The van der Waals surface area contributed by atoms with Gasteiger partial charge in [-0.2, -0.15) is 0 Å². The maximum Gasteiger partial charge on any atom is 0.303 e. The Balaban J connectivity index is 2.27. The lowest BCUT2D eigenvalue weighted by Gasteiger charge is -2.26. The molecule has 1 aliphatic carbocycles. The fourth-order valence-electron chi connectivity index (χ4n) is 2.85. The number of ether oxygens (including phenoxy) is 1.